The maximum absolute atomic E-state index is 14.5. The molecule has 5 amide bonds. The van der Waals surface area contributed by atoms with E-state index in [0.29, 0.717) is 40.9 Å². The van der Waals surface area contributed by atoms with Gasteiger partial charge >= 0.3 is 12.1 Å². The molecule has 0 bridgehead atoms. The summed E-state index contributed by atoms with van der Waals surface area (Å²) < 4.78 is 17.9. The average Bonchev–Trinajstić information content (AvgIpc) is 3.44. The van der Waals surface area contributed by atoms with Crippen LogP contribution in [0.15, 0.2) is 65.2 Å². The Morgan fingerprint density at radius 2 is 1.81 bits per heavy atom. The Labute approximate surface area is 304 Å². The smallest absolute Gasteiger partial charge is 0.323 e. The quantitative estimate of drug-likeness (QED) is 0.159. The second-order valence-corrected chi connectivity index (χ2v) is 13.6. The summed E-state index contributed by atoms with van der Waals surface area (Å²) in [6.07, 6.45) is 1.70. The molecule has 2 heterocycles. The topological polar surface area (TPSA) is 158 Å². The summed E-state index contributed by atoms with van der Waals surface area (Å²) in [5.41, 5.74) is 2.42. The second-order valence-electron chi connectivity index (χ2n) is 13.6. The number of ether oxygens (including phenoxy) is 2. The van der Waals surface area contributed by atoms with Crippen LogP contribution in [0.1, 0.15) is 61.8 Å². The first-order chi connectivity index (χ1) is 24.9. The first-order valence-corrected chi connectivity index (χ1v) is 17.8. The fraction of sp³-hybridized carbons (Fsp3) is 0.436. The molecule has 0 spiro atoms. The second kappa shape index (κ2) is 17.4. The largest absolute Gasteiger partial charge is 0.490 e. The summed E-state index contributed by atoms with van der Waals surface area (Å²) >= 11 is 0. The normalized spacial score (nSPS) is 19.2. The third-order valence-electron chi connectivity index (χ3n) is 9.41. The Morgan fingerprint density at radius 3 is 2.56 bits per heavy atom. The zero-order chi connectivity index (χ0) is 37.4. The van der Waals surface area contributed by atoms with Gasteiger partial charge in [0.25, 0.3) is 5.91 Å². The number of nitrogens with one attached hydrogen (secondary N) is 3. The van der Waals surface area contributed by atoms with Crippen LogP contribution in [0.3, 0.4) is 0 Å². The highest BCUT2D eigenvalue weighted by atomic mass is 16.5. The molecule has 0 saturated heterocycles. The number of urea groups is 2. The number of likely N-dealkylation sites (N-methyl/N-ethyl adjacent to an activating group) is 1. The van der Waals surface area contributed by atoms with Crippen LogP contribution in [0.4, 0.5) is 26.7 Å². The van der Waals surface area contributed by atoms with Gasteiger partial charge in [-0.1, -0.05) is 48.5 Å². The van der Waals surface area contributed by atoms with Gasteiger partial charge in [0.15, 0.2) is 5.76 Å². The molecule has 0 radical (unpaired) electrons. The highest BCUT2D eigenvalue weighted by molar-refractivity contribution is 6.07. The Kier molecular flexibility index (Phi) is 12.7. The number of carbonyl (C=O) groups excluding carboxylic acids is 3. The van der Waals surface area contributed by atoms with E-state index in [0.717, 1.165) is 30.0 Å². The third kappa shape index (κ3) is 9.39. The molecule has 0 aliphatic carbocycles. The molecule has 0 fully saturated rings. The van der Waals surface area contributed by atoms with Crippen LogP contribution in [-0.4, -0.2) is 89.6 Å². The minimum atomic E-state index is -0.555. The van der Waals surface area contributed by atoms with Crippen LogP contribution in [0, 0.1) is 19.8 Å². The lowest BCUT2D eigenvalue weighted by Crippen LogP contribution is -2.48. The van der Waals surface area contributed by atoms with E-state index < -0.39 is 18.2 Å². The first-order valence-electron chi connectivity index (χ1n) is 17.8. The predicted molar refractivity (Wildman–Crippen MR) is 201 cm³/mol. The Balaban J connectivity index is 1.38. The molecule has 13 nitrogen and oxygen atoms in total. The summed E-state index contributed by atoms with van der Waals surface area (Å²) in [7, 11) is 1.69. The van der Waals surface area contributed by atoms with Crippen molar-refractivity contribution in [2.75, 3.05) is 49.3 Å². The lowest BCUT2D eigenvalue weighted by Gasteiger charge is -2.35. The highest BCUT2D eigenvalue weighted by Crippen LogP contribution is 2.29. The van der Waals surface area contributed by atoms with Gasteiger partial charge in [-0.05, 0) is 76.6 Å². The molecule has 52 heavy (non-hydrogen) atoms. The Hall–Kier alpha value is -5.14. The molecule has 3 aromatic carbocycles. The van der Waals surface area contributed by atoms with Crippen molar-refractivity contribution < 1.29 is 33.5 Å². The van der Waals surface area contributed by atoms with Crippen LogP contribution < -0.4 is 20.7 Å². The monoisotopic (exact) mass is 714 g/mol. The van der Waals surface area contributed by atoms with Crippen molar-refractivity contribution in [1.82, 2.24) is 15.0 Å². The molecule has 1 aliphatic heterocycles. The molecular formula is C39H50N6O7. The lowest BCUT2D eigenvalue weighted by molar-refractivity contribution is -0.0115. The Bertz CT molecular complexity index is 1840. The number of aromatic nitrogens is 1. The number of aliphatic hydroxyl groups is 1. The zero-order valence-corrected chi connectivity index (χ0v) is 30.8. The van der Waals surface area contributed by atoms with E-state index >= 15 is 0 Å². The number of nitrogens with zero attached hydrogens (tertiary/aromatic N) is 3. The number of fused-ring (bicyclic) bond motifs is 2. The van der Waals surface area contributed by atoms with Crippen molar-refractivity contribution >= 4 is 45.8 Å². The Morgan fingerprint density at radius 1 is 1.04 bits per heavy atom. The molecule has 13 heteroatoms. The minimum Gasteiger partial charge on any atom is -0.490 e. The van der Waals surface area contributed by atoms with E-state index in [4.69, 9.17) is 14.0 Å². The van der Waals surface area contributed by atoms with Crippen LogP contribution >= 0.6 is 0 Å². The number of hydrogen-bond acceptors (Lipinski definition) is 8. The van der Waals surface area contributed by atoms with E-state index in [2.05, 4.69) is 21.1 Å². The van der Waals surface area contributed by atoms with Gasteiger partial charge in [0.1, 0.15) is 17.1 Å². The number of rotatable bonds is 7. The fourth-order valence-electron chi connectivity index (χ4n) is 6.30. The van der Waals surface area contributed by atoms with Crippen LogP contribution in [-0.2, 0) is 4.74 Å². The predicted octanol–water partition coefficient (Wildman–Crippen LogP) is 7.05. The van der Waals surface area contributed by atoms with E-state index in [-0.39, 0.29) is 49.2 Å². The number of aryl methyl sites for hydroxylation is 2. The molecule has 4 atom stereocenters. The molecule has 0 unspecified atom stereocenters. The number of amides is 5. The molecule has 5 rings (SSSR count). The molecule has 1 aliphatic rings. The van der Waals surface area contributed by atoms with E-state index in [9.17, 15) is 19.5 Å². The van der Waals surface area contributed by atoms with Gasteiger partial charge in [-0.15, -0.1) is 0 Å². The highest BCUT2D eigenvalue weighted by Gasteiger charge is 2.31. The number of carbonyl (C=O) groups is 3. The maximum atomic E-state index is 14.5. The van der Waals surface area contributed by atoms with Crippen molar-refractivity contribution in [2.24, 2.45) is 5.92 Å². The van der Waals surface area contributed by atoms with Crippen molar-refractivity contribution in [3.8, 4) is 5.75 Å². The third-order valence-corrected chi connectivity index (χ3v) is 9.41. The van der Waals surface area contributed by atoms with Crippen LogP contribution in [0.2, 0.25) is 0 Å². The van der Waals surface area contributed by atoms with Gasteiger partial charge in [-0.2, -0.15) is 0 Å². The van der Waals surface area contributed by atoms with E-state index in [1.165, 1.54) is 0 Å². The van der Waals surface area contributed by atoms with E-state index in [1.807, 2.05) is 56.3 Å². The van der Waals surface area contributed by atoms with Gasteiger partial charge < -0.3 is 44.9 Å². The van der Waals surface area contributed by atoms with E-state index in [1.54, 1.807) is 55.8 Å². The van der Waals surface area contributed by atoms with Crippen molar-refractivity contribution in [2.45, 2.75) is 72.1 Å². The van der Waals surface area contributed by atoms with Gasteiger partial charge in [0.05, 0.1) is 36.1 Å². The number of anilines is 3. The number of hydrogen-bond donors (Lipinski definition) is 4. The average molecular weight is 715 g/mol. The zero-order valence-electron chi connectivity index (χ0n) is 30.8. The van der Waals surface area contributed by atoms with Crippen LogP contribution in [0.5, 0.6) is 5.75 Å². The SMILES string of the molecule is Cc1noc(C)c1NC(=O)N(C)C[C@@H]1OCCCC[C@H](C)Oc2ccc(NC(=O)Nc3cccc4ccccc34)cc2C(=O)N([C@H](C)CO)C[C@@H]1C. The molecule has 1 aromatic heterocycles. The first kappa shape index (κ1) is 38.1. The van der Waals surface area contributed by atoms with Gasteiger partial charge in [0, 0.05) is 43.7 Å². The summed E-state index contributed by atoms with van der Waals surface area (Å²) in [5.74, 6) is 0.289. The summed E-state index contributed by atoms with van der Waals surface area (Å²) in [4.78, 5) is 44.1. The van der Waals surface area contributed by atoms with Crippen molar-refractivity contribution in [3.63, 3.8) is 0 Å². The van der Waals surface area contributed by atoms with Crippen molar-refractivity contribution in [1.29, 1.82) is 0 Å². The molecule has 4 aromatic rings. The minimum absolute atomic E-state index is 0.208. The lowest BCUT2D eigenvalue weighted by atomic mass is 10.0. The van der Waals surface area contributed by atoms with Gasteiger partial charge in [-0.25, -0.2) is 9.59 Å². The van der Waals surface area contributed by atoms with Gasteiger partial charge in [0.2, 0.25) is 0 Å². The fourth-order valence-corrected chi connectivity index (χ4v) is 6.30. The maximum Gasteiger partial charge on any atom is 0.323 e. The van der Waals surface area contributed by atoms with Crippen LogP contribution in [0.25, 0.3) is 10.8 Å². The number of benzene rings is 3. The molecular weight excluding hydrogens is 664 g/mol. The van der Waals surface area contributed by atoms with Crippen molar-refractivity contribution in [3.05, 3.63) is 77.7 Å². The molecule has 4 N–H and O–H groups in total. The van der Waals surface area contributed by atoms with Gasteiger partial charge in [-0.3, -0.25) is 4.79 Å². The molecule has 278 valence electrons. The molecule has 0 saturated carbocycles. The summed E-state index contributed by atoms with van der Waals surface area (Å²) in [5, 5.41) is 24.8. The number of aliphatic hydroxyl groups excluding tert-OH is 1. The summed E-state index contributed by atoms with van der Waals surface area (Å²) in [6, 6.07) is 17.1. The standard InChI is InChI=1S/C39H50N6O7/c1-24-21-45(25(2)23-46)37(47)32-20-30(40-38(48)41-33-16-11-14-29-13-7-8-15-31(29)33)17-18-34(32)51-26(3)12-9-10-19-50-35(24)22-44(6)39(49)42-36-27(4)43-52-28(36)5/h7-8,11,13-18,20,24-26,35,46H,9-10,12,19,21-23H2,1-6H3,(H,42,49)(H2,40,41,48)/t24-,25+,26-,35-/m0/s1. The summed E-state index contributed by atoms with van der Waals surface area (Å²) in [6.45, 7) is 9.85.